The molecule has 5 nitrogen and oxygen atoms in total. The molecular weight excluding hydrogens is 311 g/mol. The summed E-state index contributed by atoms with van der Waals surface area (Å²) in [4.78, 5) is 26.0. The van der Waals surface area contributed by atoms with Crippen molar-refractivity contribution in [1.82, 2.24) is 10.2 Å². The van der Waals surface area contributed by atoms with Crippen molar-refractivity contribution in [1.29, 1.82) is 0 Å². The molecule has 1 aliphatic heterocycles. The van der Waals surface area contributed by atoms with E-state index in [4.69, 9.17) is 0 Å². The minimum Gasteiger partial charge on any atom is -0.387 e. The average molecular weight is 336 g/mol. The number of carbonyl (C=O) groups excluding carboxylic acids is 2. The molecule has 0 saturated carbocycles. The first-order chi connectivity index (χ1) is 11.4. The number of hydrogen-bond acceptors (Lipinski definition) is 3. The van der Waals surface area contributed by atoms with Crippen molar-refractivity contribution >= 4 is 11.8 Å². The van der Waals surface area contributed by atoms with Crippen LogP contribution in [0.1, 0.15) is 38.4 Å². The van der Waals surface area contributed by atoms with Gasteiger partial charge >= 0.3 is 0 Å². The van der Waals surface area contributed by atoms with Gasteiger partial charge in [0.1, 0.15) is 5.82 Å². The van der Waals surface area contributed by atoms with Gasteiger partial charge in [0.25, 0.3) is 0 Å². The summed E-state index contributed by atoms with van der Waals surface area (Å²) in [6, 6.07) is 5.56. The number of benzene rings is 1. The molecule has 0 spiro atoms. The fourth-order valence-electron chi connectivity index (χ4n) is 2.87. The van der Waals surface area contributed by atoms with Gasteiger partial charge in [-0.2, -0.15) is 0 Å². The third-order valence-corrected chi connectivity index (χ3v) is 4.40. The Morgan fingerprint density at radius 2 is 1.83 bits per heavy atom. The third kappa shape index (κ3) is 4.77. The molecule has 1 aromatic carbocycles. The van der Waals surface area contributed by atoms with Crippen LogP contribution >= 0.6 is 0 Å². The number of piperidine rings is 1. The van der Waals surface area contributed by atoms with Crippen LogP contribution in [0, 0.1) is 17.7 Å². The van der Waals surface area contributed by atoms with Crippen molar-refractivity contribution in [2.45, 2.75) is 32.8 Å². The number of aliphatic hydroxyl groups excluding tert-OH is 1. The number of aliphatic hydroxyl groups is 1. The van der Waals surface area contributed by atoms with E-state index in [9.17, 15) is 19.1 Å². The van der Waals surface area contributed by atoms with E-state index in [1.165, 1.54) is 24.3 Å². The summed E-state index contributed by atoms with van der Waals surface area (Å²) >= 11 is 0. The molecule has 0 aliphatic carbocycles. The van der Waals surface area contributed by atoms with Crippen LogP contribution in [-0.2, 0) is 9.59 Å². The first-order valence-electron chi connectivity index (χ1n) is 8.38. The predicted octanol–water partition coefficient (Wildman–Crippen LogP) is 1.87. The highest BCUT2D eigenvalue weighted by molar-refractivity contribution is 5.80. The van der Waals surface area contributed by atoms with Gasteiger partial charge in [-0.1, -0.05) is 26.0 Å². The maximum absolute atomic E-state index is 12.9. The van der Waals surface area contributed by atoms with Crippen LogP contribution < -0.4 is 5.32 Å². The Morgan fingerprint density at radius 1 is 1.25 bits per heavy atom. The fraction of sp³-hybridized carbons (Fsp3) is 0.556. The number of nitrogens with one attached hydrogen (secondary N) is 1. The second-order valence-corrected chi connectivity index (χ2v) is 6.57. The largest absolute Gasteiger partial charge is 0.387 e. The average Bonchev–Trinajstić information content (AvgIpc) is 2.59. The van der Waals surface area contributed by atoms with E-state index in [1.54, 1.807) is 0 Å². The number of nitrogens with zero attached hydrogens (tertiary/aromatic N) is 1. The van der Waals surface area contributed by atoms with Crippen molar-refractivity contribution < 1.29 is 19.1 Å². The number of amides is 2. The van der Waals surface area contributed by atoms with Crippen molar-refractivity contribution in [2.75, 3.05) is 19.6 Å². The Labute approximate surface area is 141 Å². The molecule has 6 heteroatoms. The van der Waals surface area contributed by atoms with E-state index in [-0.39, 0.29) is 36.0 Å². The summed E-state index contributed by atoms with van der Waals surface area (Å²) < 4.78 is 12.9. The van der Waals surface area contributed by atoms with E-state index in [0.717, 1.165) is 0 Å². The van der Waals surface area contributed by atoms with E-state index in [2.05, 4.69) is 5.32 Å². The van der Waals surface area contributed by atoms with Crippen LogP contribution in [0.2, 0.25) is 0 Å². The van der Waals surface area contributed by atoms with Gasteiger partial charge in [-0.05, 0) is 30.5 Å². The molecule has 1 atom stereocenters. The Hall–Kier alpha value is -1.95. The SMILES string of the molecule is CC(C)C(=O)N1CCC(C(=O)NCC(O)c2ccc(F)cc2)CC1. The number of hydrogen-bond donors (Lipinski definition) is 2. The van der Waals surface area contributed by atoms with Gasteiger partial charge in [0.15, 0.2) is 0 Å². The van der Waals surface area contributed by atoms with Crippen LogP contribution in [0.15, 0.2) is 24.3 Å². The standard InChI is InChI=1S/C18H25FN2O3/c1-12(2)18(24)21-9-7-14(8-10-21)17(23)20-11-16(22)13-3-5-15(19)6-4-13/h3-6,12,14,16,22H,7-11H2,1-2H3,(H,20,23). The molecule has 2 rings (SSSR count). The molecule has 1 aliphatic rings. The molecule has 132 valence electrons. The summed E-state index contributed by atoms with van der Waals surface area (Å²) in [6.45, 7) is 5.02. The van der Waals surface area contributed by atoms with Crippen molar-refractivity contribution in [3.63, 3.8) is 0 Å². The molecule has 2 amide bonds. The minimum atomic E-state index is -0.864. The molecule has 1 aromatic rings. The van der Waals surface area contributed by atoms with Crippen molar-refractivity contribution in [3.8, 4) is 0 Å². The predicted molar refractivity (Wildman–Crippen MR) is 88.5 cm³/mol. The Bertz CT molecular complexity index is 566. The lowest BCUT2D eigenvalue weighted by atomic mass is 9.95. The van der Waals surface area contributed by atoms with Gasteiger partial charge in [0, 0.05) is 31.5 Å². The molecule has 1 fully saturated rings. The zero-order valence-electron chi connectivity index (χ0n) is 14.2. The second kappa shape index (κ2) is 8.24. The first-order valence-corrected chi connectivity index (χ1v) is 8.38. The maximum Gasteiger partial charge on any atom is 0.225 e. The van der Waals surface area contributed by atoms with Gasteiger partial charge in [-0.3, -0.25) is 9.59 Å². The van der Waals surface area contributed by atoms with Gasteiger partial charge in [-0.15, -0.1) is 0 Å². The van der Waals surface area contributed by atoms with E-state index in [0.29, 0.717) is 31.5 Å². The lowest BCUT2D eigenvalue weighted by molar-refractivity contribution is -0.138. The quantitative estimate of drug-likeness (QED) is 0.862. The van der Waals surface area contributed by atoms with E-state index < -0.39 is 6.10 Å². The van der Waals surface area contributed by atoms with Gasteiger partial charge < -0.3 is 15.3 Å². The first kappa shape index (κ1) is 18.4. The normalized spacial score (nSPS) is 17.0. The molecule has 0 aromatic heterocycles. The highest BCUT2D eigenvalue weighted by Crippen LogP contribution is 2.19. The van der Waals surface area contributed by atoms with Crippen LogP contribution in [0.5, 0.6) is 0 Å². The lowest BCUT2D eigenvalue weighted by Gasteiger charge is -2.32. The van der Waals surface area contributed by atoms with Gasteiger partial charge in [0.2, 0.25) is 11.8 Å². The zero-order valence-corrected chi connectivity index (χ0v) is 14.2. The van der Waals surface area contributed by atoms with Crippen molar-refractivity contribution in [2.24, 2.45) is 11.8 Å². The number of likely N-dealkylation sites (tertiary alicyclic amines) is 1. The summed E-state index contributed by atoms with van der Waals surface area (Å²) in [5, 5.41) is 12.8. The third-order valence-electron chi connectivity index (χ3n) is 4.40. The monoisotopic (exact) mass is 336 g/mol. The molecule has 1 heterocycles. The lowest BCUT2D eigenvalue weighted by Crippen LogP contribution is -2.44. The van der Waals surface area contributed by atoms with Gasteiger partial charge in [0.05, 0.1) is 6.10 Å². The summed E-state index contributed by atoms with van der Waals surface area (Å²) in [5.74, 6) is -0.506. The molecule has 1 unspecified atom stereocenters. The van der Waals surface area contributed by atoms with E-state index in [1.807, 2.05) is 18.7 Å². The second-order valence-electron chi connectivity index (χ2n) is 6.57. The summed E-state index contributed by atoms with van der Waals surface area (Å²) in [5.41, 5.74) is 0.564. The smallest absolute Gasteiger partial charge is 0.225 e. The van der Waals surface area contributed by atoms with Crippen LogP contribution in [0.25, 0.3) is 0 Å². The molecular formula is C18H25FN2O3. The fourth-order valence-corrected chi connectivity index (χ4v) is 2.87. The molecule has 2 N–H and O–H groups in total. The maximum atomic E-state index is 12.9. The van der Waals surface area contributed by atoms with E-state index >= 15 is 0 Å². The number of rotatable bonds is 5. The Balaban J connectivity index is 1.77. The number of halogens is 1. The Kier molecular flexibility index (Phi) is 6.31. The van der Waals surface area contributed by atoms with Crippen molar-refractivity contribution in [3.05, 3.63) is 35.6 Å². The molecule has 0 bridgehead atoms. The molecule has 1 saturated heterocycles. The highest BCUT2D eigenvalue weighted by atomic mass is 19.1. The molecule has 24 heavy (non-hydrogen) atoms. The topological polar surface area (TPSA) is 69.6 Å². The zero-order chi connectivity index (χ0) is 17.7. The minimum absolute atomic E-state index is 0.0266. The van der Waals surface area contributed by atoms with Crippen LogP contribution in [0.3, 0.4) is 0 Å². The number of carbonyl (C=O) groups is 2. The van der Waals surface area contributed by atoms with Crippen LogP contribution in [0.4, 0.5) is 4.39 Å². The summed E-state index contributed by atoms with van der Waals surface area (Å²) in [6.07, 6.45) is 0.408. The Morgan fingerprint density at radius 3 is 2.38 bits per heavy atom. The highest BCUT2D eigenvalue weighted by Gasteiger charge is 2.28. The van der Waals surface area contributed by atoms with Crippen LogP contribution in [-0.4, -0.2) is 41.5 Å². The summed E-state index contributed by atoms with van der Waals surface area (Å²) in [7, 11) is 0. The molecule has 0 radical (unpaired) electrons. The van der Waals surface area contributed by atoms with Gasteiger partial charge in [-0.25, -0.2) is 4.39 Å².